The first-order valence-electron chi connectivity index (χ1n) is 7.64. The molecule has 1 heterocycles. The number of benzene rings is 1. The predicted molar refractivity (Wildman–Crippen MR) is 84.6 cm³/mol. The van der Waals surface area contributed by atoms with Crippen molar-refractivity contribution in [1.82, 2.24) is 10.2 Å². The summed E-state index contributed by atoms with van der Waals surface area (Å²) in [7, 11) is 2.01. The van der Waals surface area contributed by atoms with Gasteiger partial charge >= 0.3 is 0 Å². The lowest BCUT2D eigenvalue weighted by molar-refractivity contribution is 0.151. The molecule has 1 aromatic carbocycles. The summed E-state index contributed by atoms with van der Waals surface area (Å²) in [5, 5.41) is 3.55. The minimum Gasteiger partial charge on any atom is -0.491 e. The molecule has 0 saturated carbocycles. The molecule has 21 heavy (non-hydrogen) atoms. The summed E-state index contributed by atoms with van der Waals surface area (Å²) in [6.45, 7) is 4.86. The van der Waals surface area contributed by atoms with Crippen LogP contribution in [0.4, 0.5) is 4.39 Å². The van der Waals surface area contributed by atoms with E-state index >= 15 is 0 Å². The lowest BCUT2D eigenvalue weighted by atomic mass is 9.93. The van der Waals surface area contributed by atoms with Crippen LogP contribution in [0.15, 0.2) is 18.2 Å². The van der Waals surface area contributed by atoms with Crippen LogP contribution >= 0.6 is 11.6 Å². The van der Waals surface area contributed by atoms with E-state index in [2.05, 4.69) is 10.2 Å². The maximum atomic E-state index is 12.9. The molecule has 0 aromatic heterocycles. The van der Waals surface area contributed by atoms with Crippen LogP contribution < -0.4 is 10.1 Å². The summed E-state index contributed by atoms with van der Waals surface area (Å²) >= 11 is 5.93. The maximum absolute atomic E-state index is 12.9. The molecule has 1 saturated heterocycles. The lowest BCUT2D eigenvalue weighted by Crippen LogP contribution is -2.37. The molecule has 5 heteroatoms. The van der Waals surface area contributed by atoms with Gasteiger partial charge in [-0.1, -0.05) is 11.6 Å². The van der Waals surface area contributed by atoms with E-state index in [1.165, 1.54) is 31.4 Å². The highest BCUT2D eigenvalue weighted by molar-refractivity contribution is 6.32. The summed E-state index contributed by atoms with van der Waals surface area (Å²) in [6.07, 6.45) is 3.80. The number of likely N-dealkylation sites (tertiary alicyclic amines) is 1. The molecular formula is C16H24ClFN2O. The zero-order valence-electron chi connectivity index (χ0n) is 12.6. The Hall–Kier alpha value is -0.840. The molecule has 0 spiro atoms. The largest absolute Gasteiger partial charge is 0.491 e. The highest BCUT2D eigenvalue weighted by Gasteiger charge is 2.18. The van der Waals surface area contributed by atoms with Gasteiger partial charge in [0.15, 0.2) is 0 Å². The first-order valence-corrected chi connectivity index (χ1v) is 8.01. The number of ether oxygens (including phenoxy) is 1. The average Bonchev–Trinajstić information content (AvgIpc) is 2.48. The molecule has 1 N–H and O–H groups in total. The number of hydrogen-bond donors (Lipinski definition) is 1. The molecular weight excluding hydrogens is 291 g/mol. The van der Waals surface area contributed by atoms with Crippen molar-refractivity contribution in [1.29, 1.82) is 0 Å². The Morgan fingerprint density at radius 2 is 2.14 bits per heavy atom. The fourth-order valence-corrected chi connectivity index (χ4v) is 2.95. The second-order valence-electron chi connectivity index (χ2n) is 5.60. The quantitative estimate of drug-likeness (QED) is 0.836. The van der Waals surface area contributed by atoms with Crippen LogP contribution in [0.2, 0.25) is 5.02 Å². The van der Waals surface area contributed by atoms with Crippen LogP contribution in [-0.4, -0.2) is 44.7 Å². The van der Waals surface area contributed by atoms with E-state index in [-0.39, 0.29) is 5.82 Å². The maximum Gasteiger partial charge on any atom is 0.138 e. The minimum atomic E-state index is -0.337. The van der Waals surface area contributed by atoms with E-state index < -0.39 is 0 Å². The van der Waals surface area contributed by atoms with Gasteiger partial charge in [-0.25, -0.2) is 4.39 Å². The standard InChI is InChI=1S/C16H24ClFN2O/c1-19-7-4-13-5-8-20(9-6-13)10-11-21-16-3-2-14(18)12-15(16)17/h2-3,12-13,19H,4-11H2,1H3. The smallest absolute Gasteiger partial charge is 0.138 e. The van der Waals surface area contributed by atoms with E-state index in [1.54, 1.807) is 6.07 Å². The van der Waals surface area contributed by atoms with Crippen molar-refractivity contribution in [2.45, 2.75) is 19.3 Å². The Balaban J connectivity index is 1.66. The average molecular weight is 315 g/mol. The molecule has 0 atom stereocenters. The zero-order chi connectivity index (χ0) is 15.1. The van der Waals surface area contributed by atoms with E-state index in [4.69, 9.17) is 16.3 Å². The number of piperidine rings is 1. The van der Waals surface area contributed by atoms with E-state index in [0.717, 1.165) is 32.1 Å². The van der Waals surface area contributed by atoms with Crippen molar-refractivity contribution in [2.24, 2.45) is 5.92 Å². The van der Waals surface area contributed by atoms with Gasteiger partial charge in [-0.2, -0.15) is 0 Å². The molecule has 1 aliphatic heterocycles. The molecule has 1 aromatic rings. The topological polar surface area (TPSA) is 24.5 Å². The minimum absolute atomic E-state index is 0.334. The van der Waals surface area contributed by atoms with Gasteiger partial charge in [0.25, 0.3) is 0 Å². The lowest BCUT2D eigenvalue weighted by Gasteiger charge is -2.31. The fraction of sp³-hybridized carbons (Fsp3) is 0.625. The van der Waals surface area contributed by atoms with Gasteiger partial charge in [-0.05, 0) is 70.1 Å². The Labute approximate surface area is 131 Å². The molecule has 2 rings (SSSR count). The number of halogens is 2. The van der Waals surface area contributed by atoms with Crippen LogP contribution in [0, 0.1) is 11.7 Å². The van der Waals surface area contributed by atoms with Gasteiger partial charge in [-0.15, -0.1) is 0 Å². The molecule has 1 aliphatic rings. The van der Waals surface area contributed by atoms with E-state index in [0.29, 0.717) is 17.4 Å². The summed E-state index contributed by atoms with van der Waals surface area (Å²) in [5.74, 6) is 1.07. The Kier molecular flexibility index (Phi) is 6.74. The summed E-state index contributed by atoms with van der Waals surface area (Å²) < 4.78 is 18.6. The van der Waals surface area contributed by atoms with Crippen molar-refractivity contribution in [3.63, 3.8) is 0 Å². The number of rotatable bonds is 7. The van der Waals surface area contributed by atoms with Crippen molar-refractivity contribution in [3.05, 3.63) is 29.0 Å². The first kappa shape index (κ1) is 16.5. The third kappa shape index (κ3) is 5.46. The molecule has 1 fully saturated rings. The molecule has 3 nitrogen and oxygen atoms in total. The second kappa shape index (κ2) is 8.57. The highest BCUT2D eigenvalue weighted by atomic mass is 35.5. The Morgan fingerprint density at radius 3 is 2.81 bits per heavy atom. The summed E-state index contributed by atoms with van der Waals surface area (Å²) in [6, 6.07) is 4.24. The van der Waals surface area contributed by atoms with Crippen molar-refractivity contribution < 1.29 is 9.13 Å². The number of nitrogens with zero attached hydrogens (tertiary/aromatic N) is 1. The number of nitrogens with one attached hydrogen (secondary N) is 1. The normalized spacial score (nSPS) is 17.1. The van der Waals surface area contributed by atoms with Crippen molar-refractivity contribution >= 4 is 11.6 Å². The predicted octanol–water partition coefficient (Wildman–Crippen LogP) is 3.18. The SMILES string of the molecule is CNCCC1CCN(CCOc2ccc(F)cc2Cl)CC1. The summed E-state index contributed by atoms with van der Waals surface area (Å²) in [5.41, 5.74) is 0. The molecule has 0 radical (unpaired) electrons. The van der Waals surface area contributed by atoms with Crippen LogP contribution in [0.25, 0.3) is 0 Å². The van der Waals surface area contributed by atoms with Gasteiger partial charge in [-0.3, -0.25) is 4.90 Å². The third-order valence-corrected chi connectivity index (χ3v) is 4.36. The third-order valence-electron chi connectivity index (χ3n) is 4.07. The molecule has 0 bridgehead atoms. The highest BCUT2D eigenvalue weighted by Crippen LogP contribution is 2.25. The van der Waals surface area contributed by atoms with Crippen LogP contribution in [0.1, 0.15) is 19.3 Å². The molecule has 118 valence electrons. The van der Waals surface area contributed by atoms with Crippen LogP contribution in [-0.2, 0) is 0 Å². The first-order chi connectivity index (χ1) is 10.2. The summed E-state index contributed by atoms with van der Waals surface area (Å²) in [4.78, 5) is 2.42. The van der Waals surface area contributed by atoms with Gasteiger partial charge in [0.2, 0.25) is 0 Å². The van der Waals surface area contributed by atoms with Gasteiger partial charge in [0, 0.05) is 6.54 Å². The van der Waals surface area contributed by atoms with Gasteiger partial charge in [0.1, 0.15) is 18.2 Å². The van der Waals surface area contributed by atoms with Gasteiger partial charge in [0.05, 0.1) is 5.02 Å². The van der Waals surface area contributed by atoms with Crippen molar-refractivity contribution in [2.75, 3.05) is 39.8 Å². The van der Waals surface area contributed by atoms with E-state index in [9.17, 15) is 4.39 Å². The zero-order valence-corrected chi connectivity index (χ0v) is 13.3. The monoisotopic (exact) mass is 314 g/mol. The molecule has 0 unspecified atom stereocenters. The van der Waals surface area contributed by atoms with Crippen molar-refractivity contribution in [3.8, 4) is 5.75 Å². The van der Waals surface area contributed by atoms with Gasteiger partial charge < -0.3 is 10.1 Å². The Bertz CT molecular complexity index is 436. The fourth-order valence-electron chi connectivity index (χ4n) is 2.72. The Morgan fingerprint density at radius 1 is 1.38 bits per heavy atom. The molecule has 0 amide bonds. The van der Waals surface area contributed by atoms with Crippen LogP contribution in [0.3, 0.4) is 0 Å². The van der Waals surface area contributed by atoms with Crippen LogP contribution in [0.5, 0.6) is 5.75 Å². The van der Waals surface area contributed by atoms with E-state index in [1.807, 2.05) is 7.05 Å². The number of hydrogen-bond acceptors (Lipinski definition) is 3. The molecule has 0 aliphatic carbocycles. The second-order valence-corrected chi connectivity index (χ2v) is 6.01.